The minimum atomic E-state index is -0.480. The zero-order valence-corrected chi connectivity index (χ0v) is 3.83. The average molecular weight is 112 g/mol. The first-order valence-electron chi connectivity index (χ1n) is 1.11. The van der Waals surface area contributed by atoms with Crippen LogP contribution in [0.2, 0.25) is 0 Å². The standard InChI is InChI=1S/C2H4ClNO.H2O/c3-1-2(4)5;/h1H2,(H2,4,5);1H2. The van der Waals surface area contributed by atoms with Crippen molar-refractivity contribution in [2.45, 2.75) is 0 Å². The second-order valence-electron chi connectivity index (χ2n) is 0.600. The van der Waals surface area contributed by atoms with Gasteiger partial charge in [-0.15, -0.1) is 11.6 Å². The van der Waals surface area contributed by atoms with E-state index in [1.807, 2.05) is 0 Å². The van der Waals surface area contributed by atoms with Crippen molar-refractivity contribution < 1.29 is 10.3 Å². The molecule has 0 aliphatic carbocycles. The Kier molecular flexibility index (Phi) is 7.24. The van der Waals surface area contributed by atoms with Crippen LogP contribution >= 0.6 is 11.6 Å². The van der Waals surface area contributed by atoms with E-state index in [4.69, 9.17) is 11.6 Å². The van der Waals surface area contributed by atoms with Crippen molar-refractivity contribution in [3.05, 3.63) is 0 Å². The molecule has 0 bridgehead atoms. The van der Waals surface area contributed by atoms with E-state index in [0.717, 1.165) is 0 Å². The van der Waals surface area contributed by atoms with Gasteiger partial charge in [0.2, 0.25) is 5.91 Å². The number of carbonyl (C=O) groups is 1. The molecule has 0 spiro atoms. The number of nitrogens with two attached hydrogens (primary N) is 1. The molecule has 0 aromatic carbocycles. The summed E-state index contributed by atoms with van der Waals surface area (Å²) in [5.41, 5.74) is 4.52. The molecular weight excluding hydrogens is 105 g/mol. The molecule has 0 atom stereocenters. The highest BCUT2D eigenvalue weighted by Crippen LogP contribution is 1.64. The molecule has 0 aliphatic rings. The lowest BCUT2D eigenvalue weighted by molar-refractivity contribution is -0.115. The number of hydrogen-bond acceptors (Lipinski definition) is 1. The minimum Gasteiger partial charge on any atom is -0.412 e. The van der Waals surface area contributed by atoms with Crippen LogP contribution in [-0.4, -0.2) is 17.3 Å². The Balaban J connectivity index is 0. The van der Waals surface area contributed by atoms with Gasteiger partial charge in [-0.3, -0.25) is 4.79 Å². The summed E-state index contributed by atoms with van der Waals surface area (Å²) in [5, 5.41) is 0. The number of alkyl halides is 1. The molecule has 0 unspecified atom stereocenters. The Morgan fingerprint density at radius 1 is 1.83 bits per heavy atom. The van der Waals surface area contributed by atoms with Crippen molar-refractivity contribution in [3.63, 3.8) is 0 Å². The van der Waals surface area contributed by atoms with Crippen LogP contribution in [0.15, 0.2) is 0 Å². The molecule has 0 aliphatic heterocycles. The molecule has 38 valence electrons. The summed E-state index contributed by atoms with van der Waals surface area (Å²) in [4.78, 5) is 9.46. The lowest BCUT2D eigenvalue weighted by Gasteiger charge is -1.71. The maximum absolute atomic E-state index is 9.46. The fourth-order valence-electron chi connectivity index (χ4n) is 0. The molecule has 0 saturated carbocycles. The number of carbonyl (C=O) groups excluding carboxylic acids is 1. The van der Waals surface area contributed by atoms with Crippen molar-refractivity contribution in [3.8, 4) is 0 Å². The number of rotatable bonds is 1. The monoisotopic (exact) mass is 111 g/mol. The highest BCUT2D eigenvalue weighted by atomic mass is 35.5. The molecule has 0 rings (SSSR count). The Morgan fingerprint density at radius 3 is 2.00 bits per heavy atom. The van der Waals surface area contributed by atoms with E-state index >= 15 is 0 Å². The van der Waals surface area contributed by atoms with Gasteiger partial charge in [-0.2, -0.15) is 0 Å². The topological polar surface area (TPSA) is 74.6 Å². The minimum absolute atomic E-state index is 0. The van der Waals surface area contributed by atoms with Crippen molar-refractivity contribution in [1.29, 1.82) is 0 Å². The molecule has 0 aromatic rings. The van der Waals surface area contributed by atoms with E-state index < -0.39 is 5.91 Å². The second-order valence-corrected chi connectivity index (χ2v) is 0.867. The van der Waals surface area contributed by atoms with Crippen LogP contribution in [0.4, 0.5) is 0 Å². The van der Waals surface area contributed by atoms with Crippen molar-refractivity contribution in [2.75, 3.05) is 5.88 Å². The molecule has 4 heteroatoms. The lowest BCUT2D eigenvalue weighted by Crippen LogP contribution is -2.10. The number of hydrogen-bond donors (Lipinski definition) is 1. The molecule has 0 heterocycles. The van der Waals surface area contributed by atoms with Gasteiger partial charge in [0.05, 0.1) is 0 Å². The Hall–Kier alpha value is -0.280. The lowest BCUT2D eigenvalue weighted by atomic mass is 10.8. The fourth-order valence-corrected chi connectivity index (χ4v) is 0. The van der Waals surface area contributed by atoms with E-state index in [0.29, 0.717) is 0 Å². The number of halogens is 1. The number of primary amides is 1. The van der Waals surface area contributed by atoms with Crippen LogP contribution < -0.4 is 5.73 Å². The van der Waals surface area contributed by atoms with Crippen molar-refractivity contribution in [2.24, 2.45) is 5.73 Å². The summed E-state index contributed by atoms with van der Waals surface area (Å²) in [7, 11) is 0. The highest BCUT2D eigenvalue weighted by Gasteiger charge is 1.79. The van der Waals surface area contributed by atoms with Gasteiger partial charge >= 0.3 is 0 Å². The first kappa shape index (κ1) is 9.21. The summed E-state index contributed by atoms with van der Waals surface area (Å²) in [6.45, 7) is 0. The molecule has 0 radical (unpaired) electrons. The predicted octanol–water partition coefficient (Wildman–Crippen LogP) is -1.11. The van der Waals surface area contributed by atoms with Gasteiger partial charge in [-0.1, -0.05) is 0 Å². The quantitative estimate of drug-likeness (QED) is 0.428. The van der Waals surface area contributed by atoms with Gasteiger partial charge < -0.3 is 11.2 Å². The zero-order chi connectivity index (χ0) is 4.28. The van der Waals surface area contributed by atoms with E-state index in [1.54, 1.807) is 0 Å². The normalized spacial score (nSPS) is 6.17. The van der Waals surface area contributed by atoms with Crippen LogP contribution in [0, 0.1) is 0 Å². The van der Waals surface area contributed by atoms with Gasteiger partial charge in [0.25, 0.3) is 0 Å². The summed E-state index contributed by atoms with van der Waals surface area (Å²) in [5.74, 6) is -0.563. The van der Waals surface area contributed by atoms with E-state index in [-0.39, 0.29) is 11.4 Å². The third kappa shape index (κ3) is 9.30. The van der Waals surface area contributed by atoms with Crippen LogP contribution in [-0.2, 0) is 4.79 Å². The zero-order valence-electron chi connectivity index (χ0n) is 3.07. The third-order valence-electron chi connectivity index (χ3n) is 0.132. The molecule has 0 fully saturated rings. The Labute approximate surface area is 40.4 Å². The van der Waals surface area contributed by atoms with Gasteiger partial charge in [-0.25, -0.2) is 0 Å². The summed E-state index contributed by atoms with van der Waals surface area (Å²) >= 11 is 4.86. The SMILES string of the molecule is NC(=O)CCl.O. The summed E-state index contributed by atoms with van der Waals surface area (Å²) in [6.07, 6.45) is 0. The van der Waals surface area contributed by atoms with Crippen LogP contribution in [0.5, 0.6) is 0 Å². The molecular formula is C2H6ClNO2. The van der Waals surface area contributed by atoms with Crippen molar-refractivity contribution in [1.82, 2.24) is 0 Å². The maximum Gasteiger partial charge on any atom is 0.232 e. The van der Waals surface area contributed by atoms with Crippen LogP contribution in [0.1, 0.15) is 0 Å². The smallest absolute Gasteiger partial charge is 0.232 e. The summed E-state index contributed by atoms with van der Waals surface area (Å²) in [6, 6.07) is 0. The molecule has 1 amide bonds. The van der Waals surface area contributed by atoms with Crippen LogP contribution in [0.25, 0.3) is 0 Å². The average Bonchev–Trinajstić information content (AvgIpc) is 1.38. The van der Waals surface area contributed by atoms with E-state index in [2.05, 4.69) is 5.73 Å². The Morgan fingerprint density at radius 2 is 2.00 bits per heavy atom. The first-order chi connectivity index (χ1) is 2.27. The highest BCUT2D eigenvalue weighted by molar-refractivity contribution is 6.27. The predicted molar refractivity (Wildman–Crippen MR) is 23.5 cm³/mol. The molecule has 6 heavy (non-hydrogen) atoms. The van der Waals surface area contributed by atoms with E-state index in [9.17, 15) is 4.79 Å². The van der Waals surface area contributed by atoms with Gasteiger partial charge in [0.1, 0.15) is 5.88 Å². The molecule has 0 aromatic heterocycles. The Bertz CT molecular complexity index is 46.8. The fraction of sp³-hybridized carbons (Fsp3) is 0.500. The maximum atomic E-state index is 9.46. The van der Waals surface area contributed by atoms with Gasteiger partial charge in [0, 0.05) is 0 Å². The van der Waals surface area contributed by atoms with Gasteiger partial charge in [0.15, 0.2) is 0 Å². The van der Waals surface area contributed by atoms with Crippen LogP contribution in [0.3, 0.4) is 0 Å². The molecule has 4 N–H and O–H groups in total. The largest absolute Gasteiger partial charge is 0.412 e. The van der Waals surface area contributed by atoms with E-state index in [1.165, 1.54) is 0 Å². The van der Waals surface area contributed by atoms with Crippen molar-refractivity contribution >= 4 is 17.5 Å². The van der Waals surface area contributed by atoms with Gasteiger partial charge in [-0.05, 0) is 0 Å². The molecule has 3 nitrogen and oxygen atoms in total. The molecule has 0 saturated heterocycles. The first-order valence-corrected chi connectivity index (χ1v) is 1.65. The number of amides is 1. The third-order valence-corrected chi connectivity index (χ3v) is 0.395. The summed E-state index contributed by atoms with van der Waals surface area (Å²) < 4.78 is 0. The second kappa shape index (κ2) is 4.72.